The zero-order valence-electron chi connectivity index (χ0n) is 15.4. The first-order valence-electron chi connectivity index (χ1n) is 8.59. The van der Waals surface area contributed by atoms with Crippen molar-refractivity contribution in [3.8, 4) is 0 Å². The second-order valence-electron chi connectivity index (χ2n) is 5.86. The molecule has 0 aromatic rings. The number of allylic oxidation sites excluding steroid dienone is 1. The molecule has 1 rings (SSSR count). The van der Waals surface area contributed by atoms with Gasteiger partial charge >= 0.3 is 0 Å². The Balaban J connectivity index is 0.00000576. The molecule has 0 bridgehead atoms. The van der Waals surface area contributed by atoms with Gasteiger partial charge in [-0.3, -0.25) is 4.99 Å². The van der Waals surface area contributed by atoms with Crippen LogP contribution in [0.4, 0.5) is 0 Å². The van der Waals surface area contributed by atoms with Crippen LogP contribution in [0.5, 0.6) is 0 Å². The molecule has 0 amide bonds. The molecular formula is C16H33IN4O2S2. The molecule has 0 radical (unpaired) electrons. The van der Waals surface area contributed by atoms with Crippen molar-refractivity contribution in [3.63, 3.8) is 0 Å². The molecule has 0 aliphatic carbocycles. The second kappa shape index (κ2) is 14.1. The number of hydrogen-bond acceptors (Lipinski definition) is 4. The molecule has 0 saturated carbocycles. The van der Waals surface area contributed by atoms with Gasteiger partial charge in [-0.15, -0.1) is 30.6 Å². The molecule has 148 valence electrons. The molecular weight excluding hydrogens is 471 g/mol. The van der Waals surface area contributed by atoms with E-state index in [1.165, 1.54) is 0 Å². The summed E-state index contributed by atoms with van der Waals surface area (Å²) in [7, 11) is 0.549. The van der Waals surface area contributed by atoms with Gasteiger partial charge in [0.15, 0.2) is 5.96 Å². The van der Waals surface area contributed by atoms with E-state index in [9.17, 15) is 8.42 Å². The van der Waals surface area contributed by atoms with Gasteiger partial charge in [0.1, 0.15) is 0 Å². The summed E-state index contributed by atoms with van der Waals surface area (Å²) >= 11 is 1.81. The lowest BCUT2D eigenvalue weighted by molar-refractivity contribution is 0.440. The molecule has 1 aliphatic rings. The van der Waals surface area contributed by atoms with Gasteiger partial charge in [-0.1, -0.05) is 12.5 Å². The molecule has 0 spiro atoms. The van der Waals surface area contributed by atoms with Crippen LogP contribution in [0.15, 0.2) is 17.6 Å². The van der Waals surface area contributed by atoms with Crippen molar-refractivity contribution < 1.29 is 8.42 Å². The van der Waals surface area contributed by atoms with Crippen LogP contribution in [-0.4, -0.2) is 81.1 Å². The number of thioether (sulfide) groups is 1. The summed E-state index contributed by atoms with van der Waals surface area (Å²) in [5.74, 6) is 2.65. The van der Waals surface area contributed by atoms with E-state index in [4.69, 9.17) is 0 Å². The number of aliphatic imine (C=N–C) groups is 1. The smallest absolute Gasteiger partial charge is 0.215 e. The van der Waals surface area contributed by atoms with E-state index in [0.717, 1.165) is 49.7 Å². The third-order valence-electron chi connectivity index (χ3n) is 3.98. The fourth-order valence-corrected chi connectivity index (χ4v) is 5.04. The van der Waals surface area contributed by atoms with Crippen molar-refractivity contribution in [3.05, 3.63) is 12.7 Å². The molecule has 0 aromatic heterocycles. The molecule has 1 saturated heterocycles. The molecule has 0 atom stereocenters. The summed E-state index contributed by atoms with van der Waals surface area (Å²) in [5.41, 5.74) is 0. The molecule has 0 unspecified atom stereocenters. The van der Waals surface area contributed by atoms with Crippen LogP contribution in [0.1, 0.15) is 25.7 Å². The van der Waals surface area contributed by atoms with Crippen molar-refractivity contribution in [2.75, 3.05) is 57.5 Å². The SMILES string of the molecule is C=CCCCCCN(C)C(=NC)NCCS(=O)(=O)N1CCSCC1.I. The predicted molar refractivity (Wildman–Crippen MR) is 121 cm³/mol. The highest BCUT2D eigenvalue weighted by Gasteiger charge is 2.23. The van der Waals surface area contributed by atoms with Gasteiger partial charge in [0.25, 0.3) is 0 Å². The lowest BCUT2D eigenvalue weighted by atomic mass is 10.2. The average molecular weight is 505 g/mol. The minimum atomic E-state index is -3.17. The second-order valence-corrected chi connectivity index (χ2v) is 9.17. The highest BCUT2D eigenvalue weighted by molar-refractivity contribution is 14.0. The van der Waals surface area contributed by atoms with Gasteiger partial charge in [-0.2, -0.15) is 11.8 Å². The van der Waals surface area contributed by atoms with Gasteiger partial charge in [0.2, 0.25) is 10.0 Å². The molecule has 1 fully saturated rings. The first kappa shape index (κ1) is 25.0. The van der Waals surface area contributed by atoms with Crippen LogP contribution >= 0.6 is 35.7 Å². The molecule has 1 N–H and O–H groups in total. The number of nitrogens with zero attached hydrogens (tertiary/aromatic N) is 3. The minimum Gasteiger partial charge on any atom is -0.355 e. The van der Waals surface area contributed by atoms with Crippen molar-refractivity contribution in [2.24, 2.45) is 4.99 Å². The van der Waals surface area contributed by atoms with Gasteiger partial charge in [0, 0.05) is 51.8 Å². The Kier molecular flexibility index (Phi) is 14.1. The minimum absolute atomic E-state index is 0. The topological polar surface area (TPSA) is 65.0 Å². The Bertz CT molecular complexity index is 494. The Morgan fingerprint density at radius 2 is 2.00 bits per heavy atom. The van der Waals surface area contributed by atoms with E-state index in [1.807, 2.05) is 24.9 Å². The zero-order valence-corrected chi connectivity index (χ0v) is 19.4. The molecule has 6 nitrogen and oxygen atoms in total. The first-order chi connectivity index (χ1) is 11.5. The standard InChI is InChI=1S/C16H32N4O2S2.HI/c1-4-5-6-7-8-10-19(3)16(17-2)18-9-15-24(21,22)20-11-13-23-14-12-20;/h4H,1,5-15H2,2-3H3,(H,17,18);1H. The van der Waals surface area contributed by atoms with E-state index in [2.05, 4.69) is 21.8 Å². The van der Waals surface area contributed by atoms with E-state index < -0.39 is 10.0 Å². The number of hydrogen-bond donors (Lipinski definition) is 1. The molecule has 1 aliphatic heterocycles. The van der Waals surface area contributed by atoms with Crippen LogP contribution in [0, 0.1) is 0 Å². The van der Waals surface area contributed by atoms with Crippen molar-refractivity contribution in [1.29, 1.82) is 0 Å². The highest BCUT2D eigenvalue weighted by Crippen LogP contribution is 2.13. The Morgan fingerprint density at radius 1 is 1.32 bits per heavy atom. The van der Waals surface area contributed by atoms with Gasteiger partial charge in [-0.05, 0) is 19.3 Å². The van der Waals surface area contributed by atoms with Crippen LogP contribution in [0.3, 0.4) is 0 Å². The third-order valence-corrected chi connectivity index (χ3v) is 6.80. The summed E-state index contributed by atoms with van der Waals surface area (Å²) in [6.45, 7) is 6.29. The fourth-order valence-electron chi connectivity index (χ4n) is 2.55. The lowest BCUT2D eigenvalue weighted by Crippen LogP contribution is -2.44. The van der Waals surface area contributed by atoms with Gasteiger partial charge in [-0.25, -0.2) is 12.7 Å². The van der Waals surface area contributed by atoms with Gasteiger partial charge < -0.3 is 10.2 Å². The molecule has 1 heterocycles. The summed E-state index contributed by atoms with van der Waals surface area (Å²) in [5, 5.41) is 3.17. The lowest BCUT2D eigenvalue weighted by Gasteiger charge is -2.26. The summed E-state index contributed by atoms with van der Waals surface area (Å²) in [4.78, 5) is 6.29. The van der Waals surface area contributed by atoms with E-state index in [0.29, 0.717) is 19.6 Å². The van der Waals surface area contributed by atoms with Crippen molar-refractivity contribution in [1.82, 2.24) is 14.5 Å². The summed E-state index contributed by atoms with van der Waals surface area (Å²) in [6, 6.07) is 0. The number of halogens is 1. The van der Waals surface area contributed by atoms with E-state index in [1.54, 1.807) is 11.4 Å². The monoisotopic (exact) mass is 504 g/mol. The largest absolute Gasteiger partial charge is 0.355 e. The number of nitrogens with one attached hydrogen (secondary N) is 1. The molecule has 9 heteroatoms. The number of sulfonamides is 1. The van der Waals surface area contributed by atoms with Crippen molar-refractivity contribution in [2.45, 2.75) is 25.7 Å². The molecule has 0 aromatic carbocycles. The first-order valence-corrected chi connectivity index (χ1v) is 11.4. The van der Waals surface area contributed by atoms with Gasteiger partial charge in [0.05, 0.1) is 5.75 Å². The number of rotatable bonds is 10. The maximum Gasteiger partial charge on any atom is 0.215 e. The Labute approximate surface area is 175 Å². The quantitative estimate of drug-likeness (QED) is 0.163. The Morgan fingerprint density at radius 3 is 2.60 bits per heavy atom. The van der Waals surface area contributed by atoms with E-state index in [-0.39, 0.29) is 29.7 Å². The van der Waals surface area contributed by atoms with Crippen LogP contribution in [0.2, 0.25) is 0 Å². The normalized spacial score (nSPS) is 16.2. The van der Waals surface area contributed by atoms with Crippen molar-refractivity contribution >= 4 is 51.7 Å². The molecule has 25 heavy (non-hydrogen) atoms. The average Bonchev–Trinajstić information content (AvgIpc) is 2.59. The number of guanidine groups is 1. The highest BCUT2D eigenvalue weighted by atomic mass is 127. The predicted octanol–water partition coefficient (Wildman–Crippen LogP) is 2.24. The summed E-state index contributed by atoms with van der Waals surface area (Å²) < 4.78 is 26.2. The number of unbranched alkanes of at least 4 members (excludes halogenated alkanes) is 3. The van der Waals surface area contributed by atoms with Crippen LogP contribution < -0.4 is 5.32 Å². The summed E-state index contributed by atoms with van der Waals surface area (Å²) in [6.07, 6.45) is 6.43. The zero-order chi connectivity index (χ0) is 17.8. The fraction of sp³-hybridized carbons (Fsp3) is 0.812. The Hall–Kier alpha value is -0.000000000000000111. The maximum atomic E-state index is 12.3. The van der Waals surface area contributed by atoms with Crippen LogP contribution in [0.25, 0.3) is 0 Å². The third kappa shape index (κ3) is 10.0. The maximum absolute atomic E-state index is 12.3. The van der Waals surface area contributed by atoms with Crippen LogP contribution in [-0.2, 0) is 10.0 Å². The van der Waals surface area contributed by atoms with E-state index >= 15 is 0 Å².